The number of esters is 1. The van der Waals surface area contributed by atoms with Crippen LogP contribution in [-0.2, 0) is 9.53 Å². The molecule has 166 valence electrons. The number of piperidine rings is 1. The quantitative estimate of drug-likeness (QED) is 0.605. The van der Waals surface area contributed by atoms with Crippen LogP contribution in [0.2, 0.25) is 0 Å². The number of carbonyl (C=O) groups is 1. The van der Waals surface area contributed by atoms with E-state index in [1.165, 1.54) is 12.1 Å². The molecule has 2 aromatic rings. The van der Waals surface area contributed by atoms with Gasteiger partial charge in [0.05, 0.1) is 11.6 Å². The Morgan fingerprint density at radius 1 is 1.19 bits per heavy atom. The Hall–Kier alpha value is -2.91. The summed E-state index contributed by atoms with van der Waals surface area (Å²) in [5.41, 5.74) is 1.07. The molecule has 0 aromatic heterocycles. The molecule has 3 atom stereocenters. The first-order chi connectivity index (χ1) is 15.5. The number of hydrogen-bond donors (Lipinski definition) is 0. The van der Waals surface area contributed by atoms with Crippen molar-refractivity contribution in [3.63, 3.8) is 0 Å². The van der Waals surface area contributed by atoms with Crippen LogP contribution in [0.5, 0.6) is 5.75 Å². The van der Waals surface area contributed by atoms with Gasteiger partial charge in [0.25, 0.3) is 0 Å². The van der Waals surface area contributed by atoms with Gasteiger partial charge in [-0.15, -0.1) is 0 Å². The summed E-state index contributed by atoms with van der Waals surface area (Å²) in [6.07, 6.45) is 5.84. The lowest BCUT2D eigenvalue weighted by Crippen LogP contribution is -2.51. The first-order valence-corrected chi connectivity index (χ1v) is 11.4. The second kappa shape index (κ2) is 8.55. The third-order valence-corrected chi connectivity index (χ3v) is 7.21. The number of hydrogen-bond acceptors (Lipinski definition) is 5. The van der Waals surface area contributed by atoms with Gasteiger partial charge < -0.3 is 9.47 Å². The number of nitrogens with zero attached hydrogens (tertiary/aromatic N) is 2. The molecule has 3 aliphatic heterocycles. The van der Waals surface area contributed by atoms with Gasteiger partial charge in [-0.3, -0.25) is 9.69 Å². The first kappa shape index (κ1) is 21.0. The van der Waals surface area contributed by atoms with Gasteiger partial charge in [0.2, 0.25) is 0 Å². The number of rotatable bonds is 6. The minimum atomic E-state index is -0.320. The lowest BCUT2D eigenvalue weighted by atomic mass is 9.83. The molecule has 5 rings (SSSR count). The molecular weight excluding hydrogens is 407 g/mol. The number of carbonyl (C=O) groups excluding carboxylic acids is 1. The predicted octanol–water partition coefficient (Wildman–Crippen LogP) is 4.91. The summed E-state index contributed by atoms with van der Waals surface area (Å²) in [5.74, 6) is 0.263. The van der Waals surface area contributed by atoms with Crippen LogP contribution < -0.4 is 4.74 Å². The van der Waals surface area contributed by atoms with Gasteiger partial charge in [-0.2, -0.15) is 5.26 Å². The van der Waals surface area contributed by atoms with Gasteiger partial charge in [-0.1, -0.05) is 18.2 Å². The number of benzene rings is 2. The smallest absolute Gasteiger partial charge is 0.306 e. The summed E-state index contributed by atoms with van der Waals surface area (Å²) in [6, 6.07) is 16.6. The van der Waals surface area contributed by atoms with E-state index in [-0.39, 0.29) is 23.5 Å². The summed E-state index contributed by atoms with van der Waals surface area (Å²) >= 11 is 0. The molecule has 5 nitrogen and oxygen atoms in total. The first-order valence-electron chi connectivity index (χ1n) is 11.4. The third kappa shape index (κ3) is 4.22. The van der Waals surface area contributed by atoms with Crippen LogP contribution in [-0.4, -0.2) is 35.1 Å². The van der Waals surface area contributed by atoms with E-state index in [4.69, 9.17) is 9.47 Å². The molecular formula is C26H27FN2O3. The Morgan fingerprint density at radius 3 is 2.66 bits per heavy atom. The second-order valence-corrected chi connectivity index (χ2v) is 9.28. The zero-order valence-electron chi connectivity index (χ0n) is 18.0. The van der Waals surface area contributed by atoms with Crippen molar-refractivity contribution in [2.24, 2.45) is 0 Å². The molecule has 3 unspecified atom stereocenters. The topological polar surface area (TPSA) is 62.6 Å². The standard InChI is InChI=1S/C26H27FN2O3/c27-20-5-2-4-19(14-20)24(31-23-6-1-3-18(13-23)17-28)10-12-29-21-7-8-22(29)16-26(15-21)11-9-25(30)32-26/h1-6,13-14,21-22,24H,7-12,15-16H2. The van der Waals surface area contributed by atoms with Gasteiger partial charge in [-0.05, 0) is 55.2 Å². The summed E-state index contributed by atoms with van der Waals surface area (Å²) < 4.78 is 26.0. The number of fused-ring (bicyclic) bond motifs is 2. The van der Waals surface area contributed by atoms with Gasteiger partial charge in [0.1, 0.15) is 23.3 Å². The van der Waals surface area contributed by atoms with Crippen LogP contribution in [0.1, 0.15) is 62.2 Å². The van der Waals surface area contributed by atoms with Gasteiger partial charge >= 0.3 is 5.97 Å². The number of ether oxygens (including phenoxy) is 2. The molecule has 0 amide bonds. The van der Waals surface area contributed by atoms with E-state index in [0.29, 0.717) is 36.2 Å². The Kier molecular flexibility index (Phi) is 5.60. The van der Waals surface area contributed by atoms with Crippen LogP contribution in [0.25, 0.3) is 0 Å². The maximum Gasteiger partial charge on any atom is 0.306 e. The molecule has 3 fully saturated rings. The lowest BCUT2D eigenvalue weighted by molar-refractivity contribution is -0.154. The highest BCUT2D eigenvalue weighted by Crippen LogP contribution is 2.47. The van der Waals surface area contributed by atoms with Crippen LogP contribution in [0, 0.1) is 17.1 Å². The van der Waals surface area contributed by atoms with Crippen molar-refractivity contribution in [1.82, 2.24) is 4.90 Å². The summed E-state index contributed by atoms with van der Waals surface area (Å²) in [4.78, 5) is 14.3. The summed E-state index contributed by atoms with van der Waals surface area (Å²) in [7, 11) is 0. The molecule has 0 N–H and O–H groups in total. The third-order valence-electron chi connectivity index (χ3n) is 7.21. The van der Waals surface area contributed by atoms with Crippen molar-refractivity contribution < 1.29 is 18.7 Å². The summed E-state index contributed by atoms with van der Waals surface area (Å²) in [6.45, 7) is 0.832. The molecule has 0 saturated carbocycles. The van der Waals surface area contributed by atoms with Crippen LogP contribution >= 0.6 is 0 Å². The van der Waals surface area contributed by atoms with E-state index in [1.807, 2.05) is 12.1 Å². The molecule has 6 heteroatoms. The minimum Gasteiger partial charge on any atom is -0.486 e. The fourth-order valence-corrected chi connectivity index (χ4v) is 5.79. The largest absolute Gasteiger partial charge is 0.486 e. The zero-order chi connectivity index (χ0) is 22.1. The van der Waals surface area contributed by atoms with E-state index >= 15 is 0 Å². The van der Waals surface area contributed by atoms with Crippen molar-refractivity contribution in [2.75, 3.05) is 6.54 Å². The van der Waals surface area contributed by atoms with Gasteiger partial charge in [0, 0.05) is 44.3 Å². The van der Waals surface area contributed by atoms with Crippen molar-refractivity contribution in [3.8, 4) is 11.8 Å². The molecule has 0 radical (unpaired) electrons. The minimum absolute atomic E-state index is 0.0583. The average Bonchev–Trinajstić information content (AvgIpc) is 3.27. The second-order valence-electron chi connectivity index (χ2n) is 9.28. The molecule has 2 aromatic carbocycles. The zero-order valence-corrected chi connectivity index (χ0v) is 18.0. The van der Waals surface area contributed by atoms with Crippen LogP contribution in [0.4, 0.5) is 4.39 Å². The molecule has 3 aliphatic rings. The molecule has 3 saturated heterocycles. The lowest BCUT2D eigenvalue weighted by Gasteiger charge is -2.44. The summed E-state index contributed by atoms with van der Waals surface area (Å²) in [5, 5.41) is 9.20. The maximum atomic E-state index is 14.0. The van der Waals surface area contributed by atoms with E-state index < -0.39 is 0 Å². The van der Waals surface area contributed by atoms with E-state index in [2.05, 4.69) is 11.0 Å². The number of nitriles is 1. The monoisotopic (exact) mass is 434 g/mol. The average molecular weight is 435 g/mol. The Morgan fingerprint density at radius 2 is 1.97 bits per heavy atom. The molecule has 0 aliphatic carbocycles. The van der Waals surface area contributed by atoms with Crippen molar-refractivity contribution in [1.29, 1.82) is 5.26 Å². The van der Waals surface area contributed by atoms with Crippen LogP contribution in [0.3, 0.4) is 0 Å². The fourth-order valence-electron chi connectivity index (χ4n) is 5.79. The van der Waals surface area contributed by atoms with Crippen LogP contribution in [0.15, 0.2) is 48.5 Å². The van der Waals surface area contributed by atoms with Gasteiger partial charge in [0.15, 0.2) is 0 Å². The molecule has 32 heavy (non-hydrogen) atoms. The normalized spacial score (nSPS) is 27.8. The van der Waals surface area contributed by atoms with Crippen molar-refractivity contribution in [3.05, 3.63) is 65.5 Å². The van der Waals surface area contributed by atoms with Crippen molar-refractivity contribution >= 4 is 5.97 Å². The SMILES string of the molecule is N#Cc1cccc(OC(CCN2C3CCC2CC2(CCC(=O)O2)C3)c2cccc(F)c2)c1. The number of halogens is 1. The van der Waals surface area contributed by atoms with E-state index in [1.54, 1.807) is 24.3 Å². The van der Waals surface area contributed by atoms with E-state index in [9.17, 15) is 14.4 Å². The Balaban J connectivity index is 1.31. The predicted molar refractivity (Wildman–Crippen MR) is 116 cm³/mol. The Labute approximate surface area is 187 Å². The van der Waals surface area contributed by atoms with Crippen molar-refractivity contribution in [2.45, 2.75) is 68.7 Å². The fraction of sp³-hybridized carbons (Fsp3) is 0.462. The maximum absolute atomic E-state index is 14.0. The van der Waals surface area contributed by atoms with E-state index in [0.717, 1.165) is 44.2 Å². The Bertz CT molecular complexity index is 1040. The van der Waals surface area contributed by atoms with Gasteiger partial charge in [-0.25, -0.2) is 4.39 Å². The highest BCUT2D eigenvalue weighted by atomic mass is 19.1. The highest BCUT2D eigenvalue weighted by Gasteiger charge is 2.52. The highest BCUT2D eigenvalue weighted by molar-refractivity contribution is 5.72. The molecule has 2 bridgehead atoms. The molecule has 3 heterocycles. The molecule has 1 spiro atoms.